The van der Waals surface area contributed by atoms with E-state index >= 15 is 0 Å². The Morgan fingerprint density at radius 2 is 2.19 bits per heavy atom. The van der Waals surface area contributed by atoms with E-state index in [4.69, 9.17) is 9.84 Å². The minimum absolute atomic E-state index is 0.0723. The molecule has 2 N–H and O–H groups in total. The summed E-state index contributed by atoms with van der Waals surface area (Å²) in [6.07, 6.45) is 3.72. The van der Waals surface area contributed by atoms with Crippen molar-refractivity contribution in [2.75, 3.05) is 13.2 Å². The van der Waals surface area contributed by atoms with Gasteiger partial charge in [0, 0.05) is 13.2 Å². The lowest BCUT2D eigenvalue weighted by molar-refractivity contribution is 0.0123. The molecule has 1 aromatic carbocycles. The first-order chi connectivity index (χ1) is 10.0. The van der Waals surface area contributed by atoms with E-state index in [-0.39, 0.29) is 19.3 Å². The zero-order chi connectivity index (χ0) is 15.3. The Hall–Kier alpha value is -1.02. The highest BCUT2D eigenvalue weighted by molar-refractivity contribution is 7.89. The molecule has 0 saturated carbocycles. The van der Waals surface area contributed by atoms with Crippen LogP contribution in [-0.4, -0.2) is 32.8 Å². The van der Waals surface area contributed by atoms with Crippen LogP contribution < -0.4 is 4.72 Å². The van der Waals surface area contributed by atoms with Gasteiger partial charge in [-0.25, -0.2) is 17.5 Å². The molecule has 1 atom stereocenters. The van der Waals surface area contributed by atoms with Gasteiger partial charge in [0.1, 0.15) is 10.7 Å². The van der Waals surface area contributed by atoms with Crippen molar-refractivity contribution in [3.05, 3.63) is 29.6 Å². The van der Waals surface area contributed by atoms with E-state index in [0.29, 0.717) is 18.6 Å². The topological polar surface area (TPSA) is 75.6 Å². The number of aliphatic hydroxyl groups excluding tert-OH is 1. The largest absolute Gasteiger partial charge is 0.392 e. The summed E-state index contributed by atoms with van der Waals surface area (Å²) in [4.78, 5) is -0.399. The molecule has 2 rings (SSSR count). The lowest BCUT2D eigenvalue weighted by Crippen LogP contribution is -2.30. The Labute approximate surface area is 124 Å². The summed E-state index contributed by atoms with van der Waals surface area (Å²) in [5, 5.41) is 8.90. The van der Waals surface area contributed by atoms with Gasteiger partial charge in [-0.15, -0.1) is 0 Å². The van der Waals surface area contributed by atoms with Crippen LogP contribution in [0.15, 0.2) is 23.1 Å². The highest BCUT2D eigenvalue weighted by Crippen LogP contribution is 2.18. The number of benzene rings is 1. The molecule has 1 fully saturated rings. The molecule has 118 valence electrons. The summed E-state index contributed by atoms with van der Waals surface area (Å²) in [5.74, 6) is -0.858. The Morgan fingerprint density at radius 1 is 1.38 bits per heavy atom. The molecule has 1 aliphatic rings. The number of hydrogen-bond donors (Lipinski definition) is 2. The SMILES string of the molecule is O=S(=O)(NCCC1CCCCO1)c1ccc(CO)cc1F. The average molecular weight is 317 g/mol. The lowest BCUT2D eigenvalue weighted by Gasteiger charge is -2.22. The van der Waals surface area contributed by atoms with Gasteiger partial charge >= 0.3 is 0 Å². The van der Waals surface area contributed by atoms with Crippen LogP contribution in [0.2, 0.25) is 0 Å². The highest BCUT2D eigenvalue weighted by Gasteiger charge is 2.20. The number of nitrogens with one attached hydrogen (secondary N) is 1. The number of sulfonamides is 1. The number of halogens is 1. The maximum Gasteiger partial charge on any atom is 0.243 e. The molecule has 0 radical (unpaired) electrons. The maximum atomic E-state index is 13.8. The van der Waals surface area contributed by atoms with Crippen LogP contribution in [0.3, 0.4) is 0 Å². The maximum absolute atomic E-state index is 13.8. The predicted octanol–water partition coefficient (Wildman–Crippen LogP) is 1.56. The molecule has 7 heteroatoms. The average Bonchev–Trinajstić information content (AvgIpc) is 2.47. The zero-order valence-electron chi connectivity index (χ0n) is 11.7. The molecule has 1 saturated heterocycles. The Bertz CT molecular complexity index is 570. The van der Waals surface area contributed by atoms with Gasteiger partial charge in [0.05, 0.1) is 12.7 Å². The van der Waals surface area contributed by atoms with Gasteiger partial charge in [-0.05, 0) is 43.4 Å². The monoisotopic (exact) mass is 317 g/mol. The summed E-state index contributed by atoms with van der Waals surface area (Å²) in [7, 11) is -3.88. The molecule has 1 unspecified atom stereocenters. The number of hydrogen-bond acceptors (Lipinski definition) is 4. The second-order valence-electron chi connectivity index (χ2n) is 5.10. The van der Waals surface area contributed by atoms with Crippen LogP contribution in [0.5, 0.6) is 0 Å². The summed E-state index contributed by atoms with van der Waals surface area (Å²) >= 11 is 0. The van der Waals surface area contributed by atoms with Gasteiger partial charge in [-0.3, -0.25) is 0 Å². The molecule has 5 nitrogen and oxygen atoms in total. The highest BCUT2D eigenvalue weighted by atomic mass is 32.2. The fourth-order valence-corrected chi connectivity index (χ4v) is 3.43. The minimum Gasteiger partial charge on any atom is -0.392 e. The second-order valence-corrected chi connectivity index (χ2v) is 6.83. The van der Waals surface area contributed by atoms with Crippen molar-refractivity contribution in [1.29, 1.82) is 0 Å². The van der Waals surface area contributed by atoms with Crippen molar-refractivity contribution in [3.8, 4) is 0 Å². The molecule has 0 amide bonds. The molecule has 0 aromatic heterocycles. The van der Waals surface area contributed by atoms with Crippen LogP contribution in [0.4, 0.5) is 4.39 Å². The van der Waals surface area contributed by atoms with E-state index < -0.39 is 20.7 Å². The summed E-state index contributed by atoms with van der Waals surface area (Å²) in [6, 6.07) is 3.58. The van der Waals surface area contributed by atoms with E-state index in [1.165, 1.54) is 12.1 Å². The minimum atomic E-state index is -3.88. The van der Waals surface area contributed by atoms with Crippen molar-refractivity contribution >= 4 is 10.0 Å². The normalized spacial score (nSPS) is 19.6. The molecular formula is C14H20FNO4S. The zero-order valence-corrected chi connectivity index (χ0v) is 12.5. The molecule has 0 aliphatic carbocycles. The Morgan fingerprint density at radius 3 is 2.81 bits per heavy atom. The predicted molar refractivity (Wildman–Crippen MR) is 75.7 cm³/mol. The molecular weight excluding hydrogens is 297 g/mol. The van der Waals surface area contributed by atoms with Gasteiger partial charge < -0.3 is 9.84 Å². The first-order valence-electron chi connectivity index (χ1n) is 7.03. The number of rotatable bonds is 6. The number of ether oxygens (including phenoxy) is 1. The van der Waals surface area contributed by atoms with E-state index in [2.05, 4.69) is 4.72 Å². The molecule has 1 aromatic rings. The Kier molecular flexibility index (Phi) is 5.69. The van der Waals surface area contributed by atoms with Gasteiger partial charge in [-0.2, -0.15) is 0 Å². The van der Waals surface area contributed by atoms with E-state index in [1.807, 2.05) is 0 Å². The third kappa shape index (κ3) is 4.47. The third-order valence-electron chi connectivity index (χ3n) is 3.50. The number of aliphatic hydroxyl groups is 1. The first-order valence-corrected chi connectivity index (χ1v) is 8.52. The molecule has 0 bridgehead atoms. The molecule has 1 heterocycles. The van der Waals surface area contributed by atoms with Crippen LogP contribution in [0.1, 0.15) is 31.2 Å². The van der Waals surface area contributed by atoms with Crippen molar-refractivity contribution in [1.82, 2.24) is 4.72 Å². The first kappa shape index (κ1) is 16.4. The van der Waals surface area contributed by atoms with Crippen molar-refractivity contribution in [3.63, 3.8) is 0 Å². The quantitative estimate of drug-likeness (QED) is 0.835. The van der Waals surface area contributed by atoms with Crippen molar-refractivity contribution in [2.45, 2.75) is 43.3 Å². The third-order valence-corrected chi connectivity index (χ3v) is 5.00. The van der Waals surface area contributed by atoms with Gasteiger partial charge in [0.15, 0.2) is 0 Å². The van der Waals surface area contributed by atoms with Gasteiger partial charge in [0.2, 0.25) is 10.0 Å². The standard InChI is InChI=1S/C14H20FNO4S/c15-13-9-11(10-17)4-5-14(13)21(18,19)16-7-6-12-3-1-2-8-20-12/h4-5,9,12,16-17H,1-3,6-8,10H2. The van der Waals surface area contributed by atoms with E-state index in [0.717, 1.165) is 25.3 Å². The van der Waals surface area contributed by atoms with Gasteiger partial charge in [0.25, 0.3) is 0 Å². The molecule has 1 aliphatic heterocycles. The molecule has 21 heavy (non-hydrogen) atoms. The smallest absolute Gasteiger partial charge is 0.243 e. The van der Waals surface area contributed by atoms with Gasteiger partial charge in [-0.1, -0.05) is 6.07 Å². The summed E-state index contributed by atoms with van der Waals surface area (Å²) in [5.41, 5.74) is 0.335. The van der Waals surface area contributed by atoms with Crippen molar-refractivity contribution < 1.29 is 22.7 Å². The summed E-state index contributed by atoms with van der Waals surface area (Å²) in [6.45, 7) is 0.604. The van der Waals surface area contributed by atoms with Crippen LogP contribution in [0, 0.1) is 5.82 Å². The second kappa shape index (κ2) is 7.31. The van der Waals surface area contributed by atoms with Crippen LogP contribution >= 0.6 is 0 Å². The lowest BCUT2D eigenvalue weighted by atomic mass is 10.1. The Balaban J connectivity index is 1.94. The fourth-order valence-electron chi connectivity index (χ4n) is 2.33. The van der Waals surface area contributed by atoms with E-state index in [9.17, 15) is 12.8 Å². The fraction of sp³-hybridized carbons (Fsp3) is 0.571. The summed E-state index contributed by atoms with van der Waals surface area (Å²) < 4.78 is 45.7. The van der Waals surface area contributed by atoms with Crippen LogP contribution in [-0.2, 0) is 21.4 Å². The van der Waals surface area contributed by atoms with Crippen LogP contribution in [0.25, 0.3) is 0 Å². The van der Waals surface area contributed by atoms with E-state index in [1.54, 1.807) is 0 Å². The van der Waals surface area contributed by atoms with Crippen molar-refractivity contribution in [2.24, 2.45) is 0 Å². The molecule has 0 spiro atoms.